The van der Waals surface area contributed by atoms with Gasteiger partial charge in [-0.15, -0.1) is 0 Å². The van der Waals surface area contributed by atoms with Gasteiger partial charge in [-0.2, -0.15) is 0 Å². The van der Waals surface area contributed by atoms with Gasteiger partial charge in [0, 0.05) is 26.9 Å². The van der Waals surface area contributed by atoms with Gasteiger partial charge in [0.2, 0.25) is 11.8 Å². The number of carbonyl (C=O) groups is 6. The molecule has 2 N–H and O–H groups in total. The van der Waals surface area contributed by atoms with Crippen LogP contribution in [-0.2, 0) is 29.0 Å². The fourth-order valence-electron chi connectivity index (χ4n) is 5.01. The minimum Gasteiger partial charge on any atom is -0.465 e. The lowest BCUT2D eigenvalue weighted by atomic mass is 9.78. The van der Waals surface area contributed by atoms with Gasteiger partial charge in [0.25, 0.3) is 5.91 Å². The van der Waals surface area contributed by atoms with E-state index in [-0.39, 0.29) is 35.7 Å². The van der Waals surface area contributed by atoms with Crippen LogP contribution in [0, 0.1) is 5.41 Å². The molecule has 2 heterocycles. The van der Waals surface area contributed by atoms with Crippen molar-refractivity contribution in [3.63, 3.8) is 0 Å². The number of urea groups is 2. The van der Waals surface area contributed by atoms with Crippen molar-refractivity contribution in [2.24, 2.45) is 5.41 Å². The van der Waals surface area contributed by atoms with E-state index >= 15 is 0 Å². The average Bonchev–Trinajstić information content (AvgIpc) is 3.21. The number of hydrogen-bond donors (Lipinski definition) is 2. The van der Waals surface area contributed by atoms with E-state index in [2.05, 4.69) is 4.74 Å². The van der Waals surface area contributed by atoms with Gasteiger partial charge in [-0.1, -0.05) is 27.7 Å². The van der Waals surface area contributed by atoms with E-state index in [1.54, 1.807) is 34.6 Å². The standard InChI is InChI=1S/C13H24N2O4.C10H16N2O3.C9H10O4S/c1-5-9(16)7-14-11(18)13(3,4)15(12(14)19)8-10(17)6-2;1-5-10(6-2)7(13)11(3)9(15)12(4)8(10)14;1-13-9(10)7-3-5-8(6-4-7)14(2,11)12/h9-10,16-17H,5-8H2,1-4H3;5-6H2,1-4H3;3-6H,1-2H3. The smallest absolute Gasteiger partial charge is 0.337 e. The molecule has 1 aromatic rings. The quantitative estimate of drug-likeness (QED) is 0.206. The van der Waals surface area contributed by atoms with Crippen LogP contribution in [0.5, 0.6) is 0 Å². The van der Waals surface area contributed by atoms with Gasteiger partial charge in [-0.3, -0.25) is 29.1 Å². The number of nitrogens with zero attached hydrogens (tertiary/aromatic N) is 4. The van der Waals surface area contributed by atoms with E-state index < -0.39 is 51.0 Å². The summed E-state index contributed by atoms with van der Waals surface area (Å²) < 4.78 is 26.6. The molecule has 2 saturated heterocycles. The van der Waals surface area contributed by atoms with Crippen LogP contribution < -0.4 is 0 Å². The summed E-state index contributed by atoms with van der Waals surface area (Å²) in [4.78, 5) is 75.5. The number of aliphatic hydroxyl groups excluding tert-OH is 2. The molecule has 15 nitrogen and oxygen atoms in total. The van der Waals surface area contributed by atoms with Crippen LogP contribution in [0.3, 0.4) is 0 Å². The largest absolute Gasteiger partial charge is 0.465 e. The van der Waals surface area contributed by atoms with Crippen molar-refractivity contribution >= 4 is 45.6 Å². The number of methoxy groups -OCH3 is 1. The van der Waals surface area contributed by atoms with E-state index in [9.17, 15) is 47.4 Å². The second kappa shape index (κ2) is 17.0. The van der Waals surface area contributed by atoms with E-state index in [0.717, 1.165) is 21.0 Å². The molecule has 2 fully saturated rings. The number of hydrogen-bond acceptors (Lipinski definition) is 11. The summed E-state index contributed by atoms with van der Waals surface area (Å²) in [6, 6.07) is 4.60. The van der Waals surface area contributed by atoms with Crippen LogP contribution in [0.4, 0.5) is 9.59 Å². The molecule has 0 aliphatic carbocycles. The fraction of sp³-hybridized carbons (Fsp3) is 0.625. The van der Waals surface area contributed by atoms with E-state index in [1.807, 2.05) is 6.92 Å². The highest BCUT2D eigenvalue weighted by atomic mass is 32.2. The van der Waals surface area contributed by atoms with Crippen molar-refractivity contribution in [2.45, 2.75) is 89.9 Å². The lowest BCUT2D eigenvalue weighted by molar-refractivity contribution is -0.157. The van der Waals surface area contributed by atoms with Gasteiger partial charge < -0.3 is 19.8 Å². The van der Waals surface area contributed by atoms with Crippen molar-refractivity contribution in [1.29, 1.82) is 0 Å². The first-order valence-electron chi connectivity index (χ1n) is 15.6. The van der Waals surface area contributed by atoms with Crippen molar-refractivity contribution in [3.8, 4) is 0 Å². The number of benzene rings is 1. The molecule has 0 spiro atoms. The number of imide groups is 3. The first kappa shape index (κ1) is 42.1. The van der Waals surface area contributed by atoms with Crippen molar-refractivity contribution in [3.05, 3.63) is 29.8 Å². The molecule has 2 atom stereocenters. The summed E-state index contributed by atoms with van der Waals surface area (Å²) in [5.41, 5.74) is -1.68. The molecule has 1 aromatic carbocycles. The molecule has 0 radical (unpaired) electrons. The predicted octanol–water partition coefficient (Wildman–Crippen LogP) is 2.29. The molecule has 0 saturated carbocycles. The van der Waals surface area contributed by atoms with Crippen LogP contribution in [0.1, 0.15) is 77.6 Å². The zero-order valence-corrected chi connectivity index (χ0v) is 30.3. The molecule has 7 amide bonds. The topological polar surface area (TPSA) is 199 Å². The monoisotopic (exact) mass is 698 g/mol. The number of β-amino-alcohol motifs (C(OH)–C–C–N with tert-alkyl or cyclic N) is 2. The van der Waals surface area contributed by atoms with Gasteiger partial charge in [-0.05, 0) is 63.8 Å². The zero-order valence-electron chi connectivity index (χ0n) is 29.5. The van der Waals surface area contributed by atoms with Crippen molar-refractivity contribution in [1.82, 2.24) is 19.6 Å². The average molecular weight is 699 g/mol. The van der Waals surface area contributed by atoms with E-state index in [1.165, 1.54) is 50.4 Å². The molecule has 16 heteroatoms. The molecule has 270 valence electrons. The number of ether oxygens (including phenoxy) is 1. The van der Waals surface area contributed by atoms with Gasteiger partial charge in [-0.25, -0.2) is 22.8 Å². The first-order valence-corrected chi connectivity index (χ1v) is 17.5. The van der Waals surface area contributed by atoms with Gasteiger partial charge in [0.05, 0.1) is 36.3 Å². The number of sulfone groups is 1. The Hall–Kier alpha value is -3.89. The second-order valence-electron chi connectivity index (χ2n) is 12.1. The maximum absolute atomic E-state index is 12.2. The van der Waals surface area contributed by atoms with Crippen molar-refractivity contribution < 1.29 is 52.1 Å². The summed E-state index contributed by atoms with van der Waals surface area (Å²) in [5, 5.41) is 19.3. The zero-order chi connectivity index (χ0) is 37.4. The minimum absolute atomic E-state index is 0.0102. The first-order chi connectivity index (χ1) is 22.1. The summed E-state index contributed by atoms with van der Waals surface area (Å²) >= 11 is 0. The molecule has 0 bridgehead atoms. The van der Waals surface area contributed by atoms with Crippen LogP contribution in [0.15, 0.2) is 29.2 Å². The second-order valence-corrected chi connectivity index (χ2v) is 14.1. The molecule has 48 heavy (non-hydrogen) atoms. The molecule has 3 rings (SSSR count). The molecule has 2 aliphatic heterocycles. The number of amides is 7. The lowest BCUT2D eigenvalue weighted by Crippen LogP contribution is -2.62. The molecule has 2 aliphatic rings. The number of barbiturate groups is 1. The Morgan fingerprint density at radius 2 is 1.23 bits per heavy atom. The Labute approximate surface area is 282 Å². The summed E-state index contributed by atoms with van der Waals surface area (Å²) in [7, 11) is 0.887. The Morgan fingerprint density at radius 3 is 1.60 bits per heavy atom. The highest BCUT2D eigenvalue weighted by Gasteiger charge is 2.53. The lowest BCUT2D eigenvalue weighted by Gasteiger charge is -2.40. The third-order valence-electron chi connectivity index (χ3n) is 8.55. The molecule has 0 aromatic heterocycles. The minimum atomic E-state index is -3.20. The van der Waals surface area contributed by atoms with Gasteiger partial charge in [0.15, 0.2) is 9.84 Å². The third-order valence-corrected chi connectivity index (χ3v) is 9.68. The summed E-state index contributed by atoms with van der Waals surface area (Å²) in [6.45, 7) is 10.6. The maximum Gasteiger partial charge on any atom is 0.337 e. The highest BCUT2D eigenvalue weighted by Crippen LogP contribution is 2.34. The normalized spacial score (nSPS) is 18.5. The Kier molecular flexibility index (Phi) is 14.9. The molecular weight excluding hydrogens is 648 g/mol. The third kappa shape index (κ3) is 9.17. The van der Waals surface area contributed by atoms with E-state index in [4.69, 9.17) is 0 Å². The Bertz CT molecular complexity index is 1430. The fourth-order valence-corrected chi connectivity index (χ4v) is 5.64. The number of carbonyl (C=O) groups excluding carboxylic acids is 6. The summed E-state index contributed by atoms with van der Waals surface area (Å²) in [6.07, 6.45) is 1.60. The Balaban J connectivity index is 0.000000365. The SMILES string of the molecule is CCC(O)CN1C(=O)N(CC(O)CC)C(C)(C)C1=O.CCC1(CC)C(=O)N(C)C(=O)N(C)C1=O.COC(=O)c1ccc(S(C)(=O)=O)cc1. The number of aliphatic hydroxyl groups is 2. The number of rotatable bonds is 10. The summed E-state index contributed by atoms with van der Waals surface area (Å²) in [5.74, 6) is -1.58. The highest BCUT2D eigenvalue weighted by molar-refractivity contribution is 7.90. The van der Waals surface area contributed by atoms with E-state index in [0.29, 0.717) is 31.2 Å². The van der Waals surface area contributed by atoms with Crippen LogP contribution in [0.25, 0.3) is 0 Å². The van der Waals surface area contributed by atoms with Crippen LogP contribution in [-0.4, -0.2) is 132 Å². The van der Waals surface area contributed by atoms with Gasteiger partial charge >= 0.3 is 18.0 Å². The predicted molar refractivity (Wildman–Crippen MR) is 175 cm³/mol. The van der Waals surface area contributed by atoms with Crippen LogP contribution in [0.2, 0.25) is 0 Å². The Morgan fingerprint density at radius 1 is 0.792 bits per heavy atom. The molecular formula is C32H50N4O11S. The number of esters is 1. The van der Waals surface area contributed by atoms with Gasteiger partial charge in [0.1, 0.15) is 11.0 Å². The molecule has 2 unspecified atom stereocenters. The van der Waals surface area contributed by atoms with Crippen LogP contribution >= 0.6 is 0 Å². The maximum atomic E-state index is 12.2. The van der Waals surface area contributed by atoms with Crippen molar-refractivity contribution in [2.75, 3.05) is 40.6 Å².